The van der Waals surface area contributed by atoms with Crippen molar-refractivity contribution in [3.05, 3.63) is 72.4 Å². The lowest BCUT2D eigenvalue weighted by Crippen LogP contribution is -2.13. The van der Waals surface area contributed by atoms with Gasteiger partial charge in [0.25, 0.3) is 5.91 Å². The summed E-state index contributed by atoms with van der Waals surface area (Å²) in [5.74, 6) is 0.379. The van der Waals surface area contributed by atoms with Crippen molar-refractivity contribution in [1.82, 2.24) is 14.5 Å². The molecule has 0 unspecified atom stereocenters. The van der Waals surface area contributed by atoms with Crippen molar-refractivity contribution in [1.29, 1.82) is 0 Å². The van der Waals surface area contributed by atoms with Crippen molar-refractivity contribution >= 4 is 11.7 Å². The number of rotatable bonds is 3. The SMILES string of the molecule is Cc1cccc(NC(=O)c2ccc(-n3ccnc3)cc2)n1. The van der Waals surface area contributed by atoms with Gasteiger partial charge in [-0.25, -0.2) is 9.97 Å². The fraction of sp³-hybridized carbons (Fsp3) is 0.0625. The van der Waals surface area contributed by atoms with Gasteiger partial charge in [0.1, 0.15) is 5.82 Å². The summed E-state index contributed by atoms with van der Waals surface area (Å²) in [5, 5.41) is 2.78. The summed E-state index contributed by atoms with van der Waals surface area (Å²) in [5.41, 5.74) is 2.41. The Bertz CT molecular complexity index is 748. The predicted octanol–water partition coefficient (Wildman–Crippen LogP) is 2.83. The molecule has 0 saturated carbocycles. The second-order valence-corrected chi connectivity index (χ2v) is 4.64. The predicted molar refractivity (Wildman–Crippen MR) is 80.5 cm³/mol. The number of imidazole rings is 1. The largest absolute Gasteiger partial charge is 0.307 e. The summed E-state index contributed by atoms with van der Waals surface area (Å²) in [6.45, 7) is 1.88. The van der Waals surface area contributed by atoms with Crippen LogP contribution in [0.2, 0.25) is 0 Å². The number of anilines is 1. The molecule has 2 heterocycles. The van der Waals surface area contributed by atoms with Crippen molar-refractivity contribution in [3.63, 3.8) is 0 Å². The fourth-order valence-electron chi connectivity index (χ4n) is 2.00. The van der Waals surface area contributed by atoms with Crippen LogP contribution in [-0.4, -0.2) is 20.4 Å². The van der Waals surface area contributed by atoms with Crippen LogP contribution in [0.25, 0.3) is 5.69 Å². The third kappa shape index (κ3) is 2.97. The first-order chi connectivity index (χ1) is 10.2. The summed E-state index contributed by atoms with van der Waals surface area (Å²) in [4.78, 5) is 20.4. The van der Waals surface area contributed by atoms with Gasteiger partial charge in [-0.15, -0.1) is 0 Å². The minimum Gasteiger partial charge on any atom is -0.307 e. The molecule has 3 rings (SSSR count). The number of pyridine rings is 1. The zero-order valence-corrected chi connectivity index (χ0v) is 11.5. The van der Waals surface area contributed by atoms with E-state index in [1.807, 2.05) is 42.0 Å². The molecule has 2 aromatic heterocycles. The third-order valence-corrected chi connectivity index (χ3v) is 3.06. The molecule has 0 atom stereocenters. The number of hydrogen-bond acceptors (Lipinski definition) is 3. The van der Waals surface area contributed by atoms with Gasteiger partial charge in [0.15, 0.2) is 0 Å². The highest BCUT2D eigenvalue weighted by molar-refractivity contribution is 6.03. The van der Waals surface area contributed by atoms with Crippen LogP contribution < -0.4 is 5.32 Å². The lowest BCUT2D eigenvalue weighted by molar-refractivity contribution is 0.102. The molecular formula is C16H14N4O. The maximum Gasteiger partial charge on any atom is 0.256 e. The number of amides is 1. The highest BCUT2D eigenvalue weighted by Crippen LogP contribution is 2.11. The molecular weight excluding hydrogens is 264 g/mol. The van der Waals surface area contributed by atoms with E-state index in [2.05, 4.69) is 15.3 Å². The molecule has 0 aliphatic carbocycles. The van der Waals surface area contributed by atoms with Crippen molar-refractivity contribution in [2.75, 3.05) is 5.32 Å². The Balaban J connectivity index is 1.76. The average Bonchev–Trinajstić information content (AvgIpc) is 3.01. The van der Waals surface area contributed by atoms with Gasteiger partial charge in [-0.3, -0.25) is 4.79 Å². The Morgan fingerprint density at radius 1 is 1.14 bits per heavy atom. The highest BCUT2D eigenvalue weighted by atomic mass is 16.1. The Morgan fingerprint density at radius 3 is 2.62 bits per heavy atom. The van der Waals surface area contributed by atoms with Crippen LogP contribution in [0.1, 0.15) is 16.1 Å². The minimum absolute atomic E-state index is 0.176. The Kier molecular flexibility index (Phi) is 3.47. The van der Waals surface area contributed by atoms with E-state index in [0.29, 0.717) is 11.4 Å². The second kappa shape index (κ2) is 5.58. The summed E-state index contributed by atoms with van der Waals surface area (Å²) in [6, 6.07) is 12.8. The first-order valence-corrected chi connectivity index (χ1v) is 6.56. The molecule has 0 aliphatic rings. The van der Waals surface area contributed by atoms with Crippen molar-refractivity contribution in [3.8, 4) is 5.69 Å². The Hall–Kier alpha value is -2.95. The maximum atomic E-state index is 12.2. The summed E-state index contributed by atoms with van der Waals surface area (Å²) >= 11 is 0. The number of nitrogens with one attached hydrogen (secondary N) is 1. The molecule has 0 radical (unpaired) electrons. The number of carbonyl (C=O) groups excluding carboxylic acids is 1. The quantitative estimate of drug-likeness (QED) is 0.801. The van der Waals surface area contributed by atoms with E-state index in [1.54, 1.807) is 30.7 Å². The smallest absolute Gasteiger partial charge is 0.256 e. The first kappa shape index (κ1) is 13.1. The molecule has 5 heteroatoms. The van der Waals surface area contributed by atoms with Gasteiger partial charge >= 0.3 is 0 Å². The average molecular weight is 278 g/mol. The number of carbonyl (C=O) groups is 1. The lowest BCUT2D eigenvalue weighted by Gasteiger charge is -2.06. The van der Waals surface area contributed by atoms with Gasteiger partial charge in [-0.05, 0) is 43.3 Å². The van der Waals surface area contributed by atoms with Gasteiger partial charge in [0, 0.05) is 29.3 Å². The van der Waals surface area contributed by atoms with Gasteiger partial charge in [0.05, 0.1) is 6.33 Å². The van der Waals surface area contributed by atoms with Gasteiger partial charge in [0.2, 0.25) is 0 Å². The summed E-state index contributed by atoms with van der Waals surface area (Å²) in [7, 11) is 0. The molecule has 5 nitrogen and oxygen atoms in total. The molecule has 1 N–H and O–H groups in total. The molecule has 0 spiro atoms. The number of aryl methyl sites for hydroxylation is 1. The molecule has 1 amide bonds. The molecule has 21 heavy (non-hydrogen) atoms. The molecule has 0 aliphatic heterocycles. The van der Waals surface area contributed by atoms with Gasteiger partial charge in [-0.1, -0.05) is 6.07 Å². The first-order valence-electron chi connectivity index (χ1n) is 6.56. The normalized spacial score (nSPS) is 10.3. The summed E-state index contributed by atoms with van der Waals surface area (Å²) in [6.07, 6.45) is 5.28. The Labute approximate surface area is 122 Å². The van der Waals surface area contributed by atoms with Gasteiger partial charge in [-0.2, -0.15) is 0 Å². The van der Waals surface area contributed by atoms with E-state index in [0.717, 1.165) is 11.4 Å². The zero-order valence-electron chi connectivity index (χ0n) is 11.5. The van der Waals surface area contributed by atoms with Crippen molar-refractivity contribution in [2.45, 2.75) is 6.92 Å². The van der Waals surface area contributed by atoms with E-state index >= 15 is 0 Å². The highest BCUT2D eigenvalue weighted by Gasteiger charge is 2.07. The van der Waals surface area contributed by atoms with Crippen molar-refractivity contribution < 1.29 is 4.79 Å². The standard InChI is InChI=1S/C16H14N4O/c1-12-3-2-4-15(18-12)19-16(21)13-5-7-14(8-6-13)20-10-9-17-11-20/h2-11H,1H3,(H,18,19,21). The topological polar surface area (TPSA) is 59.8 Å². The van der Waals surface area contributed by atoms with E-state index in [9.17, 15) is 4.79 Å². The van der Waals surface area contributed by atoms with E-state index in [-0.39, 0.29) is 5.91 Å². The van der Waals surface area contributed by atoms with E-state index < -0.39 is 0 Å². The zero-order chi connectivity index (χ0) is 14.7. The van der Waals surface area contributed by atoms with E-state index in [4.69, 9.17) is 0 Å². The van der Waals surface area contributed by atoms with Crippen LogP contribution in [-0.2, 0) is 0 Å². The van der Waals surface area contributed by atoms with Crippen molar-refractivity contribution in [2.24, 2.45) is 0 Å². The Morgan fingerprint density at radius 2 is 1.95 bits per heavy atom. The number of nitrogens with zero attached hydrogens (tertiary/aromatic N) is 3. The second-order valence-electron chi connectivity index (χ2n) is 4.64. The molecule has 0 bridgehead atoms. The molecule has 0 saturated heterocycles. The lowest BCUT2D eigenvalue weighted by atomic mass is 10.2. The number of aromatic nitrogens is 3. The van der Waals surface area contributed by atoms with Gasteiger partial charge < -0.3 is 9.88 Å². The van der Waals surface area contributed by atoms with E-state index in [1.165, 1.54) is 0 Å². The van der Waals surface area contributed by atoms with Crippen LogP contribution in [0.3, 0.4) is 0 Å². The number of benzene rings is 1. The molecule has 104 valence electrons. The van der Waals surface area contributed by atoms with Crippen LogP contribution in [0.15, 0.2) is 61.2 Å². The maximum absolute atomic E-state index is 12.2. The molecule has 3 aromatic rings. The summed E-state index contributed by atoms with van der Waals surface area (Å²) < 4.78 is 1.88. The molecule has 1 aromatic carbocycles. The number of hydrogen-bond donors (Lipinski definition) is 1. The molecule has 0 fully saturated rings. The van der Waals surface area contributed by atoms with Crippen LogP contribution in [0.4, 0.5) is 5.82 Å². The monoisotopic (exact) mass is 278 g/mol. The van der Waals surface area contributed by atoms with Crippen LogP contribution >= 0.6 is 0 Å². The minimum atomic E-state index is -0.176. The van der Waals surface area contributed by atoms with Crippen LogP contribution in [0, 0.1) is 6.92 Å². The fourth-order valence-corrected chi connectivity index (χ4v) is 2.00. The van der Waals surface area contributed by atoms with Crippen LogP contribution in [0.5, 0.6) is 0 Å². The third-order valence-electron chi connectivity index (χ3n) is 3.06.